The van der Waals surface area contributed by atoms with Crippen molar-refractivity contribution in [2.45, 2.75) is 91.1 Å². The number of hydrogen-bond donors (Lipinski definition) is 1. The van der Waals surface area contributed by atoms with E-state index in [2.05, 4.69) is 46.6 Å². The quantitative estimate of drug-likeness (QED) is 0.458. The zero-order valence-electron chi connectivity index (χ0n) is 26.2. The van der Waals surface area contributed by atoms with Gasteiger partial charge in [0, 0.05) is 52.9 Å². The lowest BCUT2D eigenvalue weighted by molar-refractivity contribution is -0.132. The van der Waals surface area contributed by atoms with Gasteiger partial charge in [0.25, 0.3) is 0 Å². The number of carbonyl (C=O) groups excluding carboxylic acids is 1. The molecular weight excluding hydrogens is 510 g/mol. The first-order valence-corrected chi connectivity index (χ1v) is 16.5. The summed E-state index contributed by atoms with van der Waals surface area (Å²) in [5.74, 6) is 5.72. The first-order valence-electron chi connectivity index (χ1n) is 16.5. The summed E-state index contributed by atoms with van der Waals surface area (Å²) >= 11 is 0. The van der Waals surface area contributed by atoms with Gasteiger partial charge in [-0.25, -0.2) is 4.98 Å². The van der Waals surface area contributed by atoms with Crippen molar-refractivity contribution in [3.05, 3.63) is 23.9 Å². The number of fused-ring (bicyclic) bond motifs is 5. The van der Waals surface area contributed by atoms with E-state index in [4.69, 9.17) is 0 Å². The summed E-state index contributed by atoms with van der Waals surface area (Å²) < 4.78 is 0. The minimum atomic E-state index is -0.127. The van der Waals surface area contributed by atoms with Gasteiger partial charge >= 0.3 is 0 Å². The van der Waals surface area contributed by atoms with Crippen LogP contribution in [0, 0.1) is 40.4 Å². The highest BCUT2D eigenvalue weighted by Gasteiger charge is 2.59. The van der Waals surface area contributed by atoms with Gasteiger partial charge in [-0.05, 0) is 104 Å². The van der Waals surface area contributed by atoms with Crippen molar-refractivity contribution in [2.75, 3.05) is 50.1 Å². The maximum atomic E-state index is 13.3. The minimum absolute atomic E-state index is 0.127. The van der Waals surface area contributed by atoms with Crippen LogP contribution < -0.4 is 9.80 Å². The number of rotatable bonds is 6. The van der Waals surface area contributed by atoms with E-state index in [1.807, 2.05) is 31.3 Å². The standard InChI is InChI=1S/C34H53N5O2/c1-23(6-11-31(41)39-20-18-38(19-21-39)30-14-17-35-32(36-30)37(4)5)27-9-10-28-26-8-7-24-22-25(40)12-15-33(24,2)29(26)13-16-34(27,28)3/h7,14,17,23,25-29,40H,6,8-13,15-16,18-22H2,1-5H3/t23?,25-,26-,27+,28-,29-,33-,34+/m0/s1. The second-order valence-corrected chi connectivity index (χ2v) is 14.9. The lowest BCUT2D eigenvalue weighted by Gasteiger charge is -2.58. The first kappa shape index (κ1) is 28.9. The fraction of sp³-hybridized carbons (Fsp3) is 0.794. The highest BCUT2D eigenvalue weighted by Crippen LogP contribution is 2.67. The van der Waals surface area contributed by atoms with E-state index in [9.17, 15) is 9.90 Å². The van der Waals surface area contributed by atoms with Crippen molar-refractivity contribution in [2.24, 2.45) is 40.4 Å². The Bertz CT molecular complexity index is 1150. The summed E-state index contributed by atoms with van der Waals surface area (Å²) in [7, 11) is 3.92. The van der Waals surface area contributed by atoms with Crippen LogP contribution in [0.25, 0.3) is 0 Å². The zero-order valence-corrected chi connectivity index (χ0v) is 26.2. The number of allylic oxidation sites excluding steroid dienone is 1. The van der Waals surface area contributed by atoms with Crippen LogP contribution in [0.5, 0.6) is 0 Å². The van der Waals surface area contributed by atoms with Crippen LogP contribution in [0.3, 0.4) is 0 Å². The Balaban J connectivity index is 1.03. The fourth-order valence-corrected chi connectivity index (χ4v) is 10.2. The average molecular weight is 564 g/mol. The Morgan fingerprint density at radius 3 is 2.63 bits per heavy atom. The number of aliphatic hydroxyl groups excluding tert-OH is 1. The van der Waals surface area contributed by atoms with Crippen molar-refractivity contribution in [3.8, 4) is 0 Å². The smallest absolute Gasteiger partial charge is 0.226 e. The maximum absolute atomic E-state index is 13.3. The largest absolute Gasteiger partial charge is 0.393 e. The van der Waals surface area contributed by atoms with E-state index in [1.165, 1.54) is 32.1 Å². The molecule has 4 aliphatic carbocycles. The molecular formula is C34H53N5O2. The Hall–Kier alpha value is -2.15. The van der Waals surface area contributed by atoms with Crippen molar-refractivity contribution in [3.63, 3.8) is 0 Å². The van der Waals surface area contributed by atoms with Gasteiger partial charge in [0.1, 0.15) is 5.82 Å². The lowest BCUT2D eigenvalue weighted by atomic mass is 9.47. The van der Waals surface area contributed by atoms with Gasteiger partial charge in [0.05, 0.1) is 6.10 Å². The normalized spacial score (nSPS) is 37.5. The van der Waals surface area contributed by atoms with Gasteiger partial charge in [-0.3, -0.25) is 4.79 Å². The van der Waals surface area contributed by atoms with Crippen LogP contribution in [0.4, 0.5) is 11.8 Å². The zero-order chi connectivity index (χ0) is 28.9. The van der Waals surface area contributed by atoms with E-state index < -0.39 is 0 Å². The number of nitrogens with zero attached hydrogens (tertiary/aromatic N) is 5. The monoisotopic (exact) mass is 563 g/mol. The van der Waals surface area contributed by atoms with E-state index in [0.717, 1.165) is 87.3 Å². The number of aromatic nitrogens is 2. The van der Waals surface area contributed by atoms with Crippen LogP contribution in [0.1, 0.15) is 85.0 Å². The van der Waals surface area contributed by atoms with Crippen molar-refractivity contribution in [1.29, 1.82) is 0 Å². The molecule has 6 rings (SSSR count). The molecule has 7 heteroatoms. The highest BCUT2D eigenvalue weighted by molar-refractivity contribution is 5.76. The molecule has 1 N–H and O–H groups in total. The molecule has 7 nitrogen and oxygen atoms in total. The molecule has 1 unspecified atom stereocenters. The predicted octanol–water partition coefficient (Wildman–Crippen LogP) is 5.55. The Labute approximate surface area is 247 Å². The minimum Gasteiger partial charge on any atom is -0.393 e. The summed E-state index contributed by atoms with van der Waals surface area (Å²) in [5.41, 5.74) is 2.29. The van der Waals surface area contributed by atoms with Crippen LogP contribution >= 0.6 is 0 Å². The molecule has 0 bridgehead atoms. The molecule has 0 radical (unpaired) electrons. The summed E-state index contributed by atoms with van der Waals surface area (Å²) in [6.45, 7) is 10.8. The third-order valence-electron chi connectivity index (χ3n) is 12.6. The molecule has 1 aliphatic heterocycles. The fourth-order valence-electron chi connectivity index (χ4n) is 10.2. The van der Waals surface area contributed by atoms with Gasteiger partial charge < -0.3 is 19.8 Å². The van der Waals surface area contributed by atoms with Crippen molar-refractivity contribution >= 4 is 17.7 Å². The SMILES string of the molecule is CC(CCC(=O)N1CCN(c2ccnc(N(C)C)n2)CC1)[C@H]1CC[C@H]2[C@@H]3CC=C4C[C@@H](O)CC[C@]4(C)[C@H]3CC[C@]12C. The molecule has 5 aliphatic rings. The van der Waals surface area contributed by atoms with E-state index in [1.54, 1.807) is 5.57 Å². The Morgan fingerprint density at radius 2 is 1.88 bits per heavy atom. The van der Waals surface area contributed by atoms with Crippen molar-refractivity contribution < 1.29 is 9.90 Å². The molecule has 1 aromatic rings. The van der Waals surface area contributed by atoms with Crippen LogP contribution in [0.15, 0.2) is 23.9 Å². The summed E-state index contributed by atoms with van der Waals surface area (Å²) in [6.07, 6.45) is 15.6. The molecule has 41 heavy (non-hydrogen) atoms. The van der Waals surface area contributed by atoms with E-state index in [-0.39, 0.29) is 6.10 Å². The first-order chi connectivity index (χ1) is 19.6. The van der Waals surface area contributed by atoms with Gasteiger partial charge in [-0.15, -0.1) is 0 Å². The molecule has 3 saturated carbocycles. The molecule has 8 atom stereocenters. The molecule has 0 aromatic carbocycles. The molecule has 2 heterocycles. The van der Waals surface area contributed by atoms with Gasteiger partial charge in [-0.2, -0.15) is 4.98 Å². The number of piperazine rings is 1. The molecule has 226 valence electrons. The summed E-state index contributed by atoms with van der Waals surface area (Å²) in [6, 6.07) is 1.97. The highest BCUT2D eigenvalue weighted by atomic mass is 16.3. The van der Waals surface area contributed by atoms with Crippen molar-refractivity contribution in [1.82, 2.24) is 14.9 Å². The number of hydrogen-bond acceptors (Lipinski definition) is 6. The van der Waals surface area contributed by atoms with Gasteiger partial charge in [0.2, 0.25) is 11.9 Å². The number of amides is 1. The molecule has 1 aromatic heterocycles. The van der Waals surface area contributed by atoms with E-state index >= 15 is 0 Å². The molecule has 0 spiro atoms. The predicted molar refractivity (Wildman–Crippen MR) is 165 cm³/mol. The van der Waals surface area contributed by atoms with Crippen LogP contribution in [-0.2, 0) is 4.79 Å². The summed E-state index contributed by atoms with van der Waals surface area (Å²) in [5, 5.41) is 10.3. The Kier molecular flexibility index (Phi) is 7.88. The maximum Gasteiger partial charge on any atom is 0.226 e. The topological polar surface area (TPSA) is 72.8 Å². The second kappa shape index (κ2) is 11.2. The molecule has 1 amide bonds. The summed E-state index contributed by atoms with van der Waals surface area (Å²) in [4.78, 5) is 28.6. The number of carbonyl (C=O) groups is 1. The van der Waals surface area contributed by atoms with Gasteiger partial charge in [0.15, 0.2) is 0 Å². The molecule has 4 fully saturated rings. The second-order valence-electron chi connectivity index (χ2n) is 14.9. The average Bonchev–Trinajstić information content (AvgIpc) is 3.33. The van der Waals surface area contributed by atoms with Gasteiger partial charge in [-0.1, -0.05) is 32.4 Å². The van der Waals surface area contributed by atoms with Crippen LogP contribution in [-0.4, -0.2) is 72.3 Å². The van der Waals surface area contributed by atoms with Crippen LogP contribution in [0.2, 0.25) is 0 Å². The third-order valence-corrected chi connectivity index (χ3v) is 12.6. The number of anilines is 2. The third kappa shape index (κ3) is 5.19. The van der Waals surface area contributed by atoms with E-state index in [0.29, 0.717) is 29.1 Å². The molecule has 1 saturated heterocycles. The lowest BCUT2D eigenvalue weighted by Crippen LogP contribution is -2.51. The Morgan fingerprint density at radius 1 is 1.10 bits per heavy atom. The number of aliphatic hydroxyl groups is 1.